The van der Waals surface area contributed by atoms with Crippen LogP contribution in [0.5, 0.6) is 0 Å². The molecule has 2 fully saturated rings. The highest BCUT2D eigenvalue weighted by Gasteiger charge is 2.76. The Bertz CT molecular complexity index is 606. The van der Waals surface area contributed by atoms with Crippen LogP contribution >= 0.6 is 31.1 Å². The second-order valence-electron chi connectivity index (χ2n) is 6.32. The highest BCUT2D eigenvalue weighted by atomic mass is 32.2. The van der Waals surface area contributed by atoms with Crippen LogP contribution in [0.25, 0.3) is 0 Å². The molecule has 2 aliphatic rings. The van der Waals surface area contributed by atoms with Crippen molar-refractivity contribution in [2.45, 2.75) is 54.4 Å². The fraction of sp³-hybridized carbons (Fsp3) is 0.857. The molecule has 2 rings (SSSR count). The molecular formula is C14H24NO7PS2. The van der Waals surface area contributed by atoms with E-state index >= 15 is 0 Å². The third-order valence-corrected chi connectivity index (χ3v) is 10.4. The maximum atomic E-state index is 13.2. The van der Waals surface area contributed by atoms with Gasteiger partial charge in [-0.25, -0.2) is 4.79 Å². The monoisotopic (exact) mass is 413 g/mol. The van der Waals surface area contributed by atoms with Crippen molar-refractivity contribution in [1.82, 2.24) is 4.90 Å². The first kappa shape index (κ1) is 21.1. The van der Waals surface area contributed by atoms with Crippen LogP contribution < -0.4 is 0 Å². The zero-order chi connectivity index (χ0) is 19.2. The summed E-state index contributed by atoms with van der Waals surface area (Å²) in [5, 5.41) is 19.8. The van der Waals surface area contributed by atoms with Gasteiger partial charge in [-0.05, 0) is 34.0 Å². The van der Waals surface area contributed by atoms with E-state index in [9.17, 15) is 24.4 Å². The molecule has 0 spiro atoms. The molecule has 0 bridgehead atoms. The number of nitrogens with zero attached hydrogens (tertiary/aromatic N) is 1. The molecule has 2 saturated heterocycles. The van der Waals surface area contributed by atoms with E-state index in [1.165, 1.54) is 16.7 Å². The SMILES string of the molecule is CCOP(=O)(OCC)C(SC)[C@@]1(O)C(=O)N2[C@@H](C(=O)O)C(C)(C)S[C@@H]21. The zero-order valence-corrected chi connectivity index (χ0v) is 17.3. The minimum Gasteiger partial charge on any atom is -0.480 e. The average molecular weight is 413 g/mol. The van der Waals surface area contributed by atoms with E-state index in [0.717, 1.165) is 11.8 Å². The summed E-state index contributed by atoms with van der Waals surface area (Å²) in [6.45, 7) is 6.92. The number of hydrogen-bond donors (Lipinski definition) is 2. The first-order valence-electron chi connectivity index (χ1n) is 7.88. The highest BCUT2D eigenvalue weighted by molar-refractivity contribution is 8.05. The summed E-state index contributed by atoms with van der Waals surface area (Å²) in [5.41, 5.74) is -2.01. The van der Waals surface area contributed by atoms with Crippen LogP contribution in [0.4, 0.5) is 0 Å². The summed E-state index contributed by atoms with van der Waals surface area (Å²) in [4.78, 5) is 24.4. The Hall–Kier alpha value is -0.250. The molecule has 8 nitrogen and oxygen atoms in total. The van der Waals surface area contributed by atoms with E-state index < -0.39 is 46.2 Å². The number of carboxylic acid groups (broad SMARTS) is 1. The maximum absolute atomic E-state index is 13.2. The van der Waals surface area contributed by atoms with Crippen LogP contribution in [-0.2, 0) is 23.2 Å². The molecule has 0 radical (unpaired) electrons. The number of β-lactam (4-membered cyclic amide) rings is 1. The molecule has 4 atom stereocenters. The Morgan fingerprint density at radius 3 is 2.32 bits per heavy atom. The van der Waals surface area contributed by atoms with Gasteiger partial charge in [0.15, 0.2) is 5.60 Å². The molecule has 144 valence electrons. The molecule has 2 heterocycles. The van der Waals surface area contributed by atoms with Crippen molar-refractivity contribution >= 4 is 43.0 Å². The minimum absolute atomic E-state index is 0.101. The highest BCUT2D eigenvalue weighted by Crippen LogP contribution is 2.67. The number of fused-ring (bicyclic) bond motifs is 1. The molecule has 0 saturated carbocycles. The molecule has 2 aliphatic heterocycles. The Kier molecular flexibility index (Phi) is 5.94. The van der Waals surface area contributed by atoms with Crippen molar-refractivity contribution in [2.24, 2.45) is 0 Å². The lowest BCUT2D eigenvalue weighted by molar-refractivity contribution is -0.186. The third kappa shape index (κ3) is 3.04. The van der Waals surface area contributed by atoms with E-state index in [-0.39, 0.29) is 13.2 Å². The van der Waals surface area contributed by atoms with Crippen LogP contribution in [-0.4, -0.2) is 73.2 Å². The van der Waals surface area contributed by atoms with Gasteiger partial charge in [0, 0.05) is 4.75 Å². The van der Waals surface area contributed by atoms with Gasteiger partial charge in [-0.1, -0.05) is 0 Å². The predicted molar refractivity (Wildman–Crippen MR) is 96.8 cm³/mol. The molecule has 0 aromatic heterocycles. The van der Waals surface area contributed by atoms with Gasteiger partial charge in [0.2, 0.25) is 0 Å². The van der Waals surface area contributed by atoms with Crippen molar-refractivity contribution in [3.05, 3.63) is 0 Å². The lowest BCUT2D eigenvalue weighted by Crippen LogP contribution is -2.77. The van der Waals surface area contributed by atoms with E-state index in [1.807, 2.05) is 0 Å². The summed E-state index contributed by atoms with van der Waals surface area (Å²) in [5.74, 6) is -1.88. The maximum Gasteiger partial charge on any atom is 0.347 e. The molecule has 0 aromatic rings. The number of rotatable bonds is 8. The summed E-state index contributed by atoms with van der Waals surface area (Å²) >= 11 is 2.22. The quantitative estimate of drug-likeness (QED) is 0.454. The summed E-state index contributed by atoms with van der Waals surface area (Å²) in [6.07, 6.45) is 1.61. The summed E-state index contributed by atoms with van der Waals surface area (Å²) in [6, 6.07) is -1.06. The van der Waals surface area contributed by atoms with Crippen LogP contribution in [0, 0.1) is 0 Å². The third-order valence-electron chi connectivity index (χ3n) is 4.30. The first-order chi connectivity index (χ1) is 11.5. The normalized spacial score (nSPS) is 32.2. The van der Waals surface area contributed by atoms with Crippen LogP contribution in [0.2, 0.25) is 0 Å². The van der Waals surface area contributed by atoms with Gasteiger partial charge in [-0.3, -0.25) is 9.36 Å². The molecule has 0 aromatic carbocycles. The van der Waals surface area contributed by atoms with Gasteiger partial charge in [0.05, 0.1) is 13.2 Å². The Morgan fingerprint density at radius 2 is 1.92 bits per heavy atom. The van der Waals surface area contributed by atoms with E-state index in [0.29, 0.717) is 0 Å². The van der Waals surface area contributed by atoms with Crippen LogP contribution in [0.15, 0.2) is 0 Å². The largest absolute Gasteiger partial charge is 0.480 e. The van der Waals surface area contributed by atoms with Crippen molar-refractivity contribution in [3.63, 3.8) is 0 Å². The molecule has 0 aliphatic carbocycles. The number of carbonyl (C=O) groups excluding carboxylic acids is 1. The Labute approximate surface area is 155 Å². The number of aliphatic hydroxyl groups is 1. The number of aliphatic carboxylic acids is 1. The van der Waals surface area contributed by atoms with Gasteiger partial charge in [0.1, 0.15) is 16.4 Å². The van der Waals surface area contributed by atoms with Gasteiger partial charge in [0.25, 0.3) is 5.91 Å². The molecular weight excluding hydrogens is 389 g/mol. The van der Waals surface area contributed by atoms with E-state index in [2.05, 4.69) is 0 Å². The molecule has 1 unspecified atom stereocenters. The van der Waals surface area contributed by atoms with Gasteiger partial charge >= 0.3 is 13.6 Å². The second kappa shape index (κ2) is 7.05. The van der Waals surface area contributed by atoms with Gasteiger partial charge in [-0.2, -0.15) is 0 Å². The zero-order valence-electron chi connectivity index (χ0n) is 14.8. The predicted octanol–water partition coefficient (Wildman–Crippen LogP) is 1.82. The minimum atomic E-state index is -3.78. The molecule has 2 N–H and O–H groups in total. The lowest BCUT2D eigenvalue weighted by Gasteiger charge is -2.53. The van der Waals surface area contributed by atoms with E-state index in [1.54, 1.807) is 34.0 Å². The van der Waals surface area contributed by atoms with E-state index in [4.69, 9.17) is 9.05 Å². The topological polar surface area (TPSA) is 113 Å². The van der Waals surface area contributed by atoms with Crippen LogP contribution in [0.1, 0.15) is 27.7 Å². The fourth-order valence-corrected chi connectivity index (χ4v) is 9.02. The Morgan fingerprint density at radius 1 is 1.40 bits per heavy atom. The first-order valence-corrected chi connectivity index (χ1v) is 11.7. The number of carboxylic acids is 1. The second-order valence-corrected chi connectivity index (χ2v) is 11.5. The number of amides is 1. The smallest absolute Gasteiger partial charge is 0.347 e. The molecule has 1 amide bonds. The van der Waals surface area contributed by atoms with Gasteiger partial charge in [-0.15, -0.1) is 23.5 Å². The van der Waals surface area contributed by atoms with Crippen molar-refractivity contribution in [2.75, 3.05) is 19.5 Å². The summed E-state index contributed by atoms with van der Waals surface area (Å²) < 4.78 is 23.0. The molecule has 11 heteroatoms. The van der Waals surface area contributed by atoms with Crippen molar-refractivity contribution in [1.29, 1.82) is 0 Å². The standard InChI is InChI=1S/C14H24NO7PS2/c1-6-21-23(20,22-7-2)12(24-5)14(19)10(18)15-8(9(16)17)13(3,4)25-11(14)15/h8,11-12,19H,6-7H2,1-5H3,(H,16,17)/t8-,11+,12?,14+/m0/s1. The molecule has 25 heavy (non-hydrogen) atoms. The number of carbonyl (C=O) groups is 2. The number of thioether (sulfide) groups is 2. The average Bonchev–Trinajstić information content (AvgIpc) is 2.77. The van der Waals surface area contributed by atoms with Crippen molar-refractivity contribution < 1.29 is 33.4 Å². The van der Waals surface area contributed by atoms with Crippen LogP contribution in [0.3, 0.4) is 0 Å². The summed E-state index contributed by atoms with van der Waals surface area (Å²) in [7, 11) is -3.78. The van der Waals surface area contributed by atoms with Gasteiger partial charge < -0.3 is 24.2 Å². The fourth-order valence-electron chi connectivity index (χ4n) is 3.38. The lowest BCUT2D eigenvalue weighted by atomic mass is 9.89. The van der Waals surface area contributed by atoms with Crippen molar-refractivity contribution in [3.8, 4) is 0 Å². The Balaban J connectivity index is 2.43. The number of hydrogen-bond acceptors (Lipinski definition) is 8.